The molecular weight excluding hydrogens is 279 g/mol. The molecule has 22 heavy (non-hydrogen) atoms. The third kappa shape index (κ3) is 2.08. The lowest BCUT2D eigenvalue weighted by atomic mass is 9.54. The Balaban J connectivity index is 0.00000144. The van der Waals surface area contributed by atoms with Gasteiger partial charge in [0.1, 0.15) is 5.82 Å². The smallest absolute Gasteiger partial charge is 0.245 e. The summed E-state index contributed by atoms with van der Waals surface area (Å²) < 4.78 is 13.5. The molecule has 1 saturated carbocycles. The Hall–Kier alpha value is -1.42. The first-order valence-corrected chi connectivity index (χ1v) is 7.74. The quantitative estimate of drug-likeness (QED) is 0.788. The van der Waals surface area contributed by atoms with Crippen molar-refractivity contribution < 1.29 is 9.18 Å². The summed E-state index contributed by atoms with van der Waals surface area (Å²) in [5.74, 6) is 0.0330. The van der Waals surface area contributed by atoms with Gasteiger partial charge in [-0.2, -0.15) is 0 Å². The third-order valence-electron chi connectivity index (χ3n) is 5.27. The van der Waals surface area contributed by atoms with Crippen LogP contribution < -0.4 is 0 Å². The molecule has 3 nitrogen and oxygen atoms in total. The van der Waals surface area contributed by atoms with Crippen LogP contribution in [0.15, 0.2) is 24.3 Å². The number of carbonyl (C=O) groups is 1. The van der Waals surface area contributed by atoms with E-state index in [1.54, 1.807) is 12.1 Å². The molecule has 0 radical (unpaired) electrons. The van der Waals surface area contributed by atoms with Crippen molar-refractivity contribution in [1.82, 2.24) is 10.0 Å². The first kappa shape index (κ1) is 15.5. The van der Waals surface area contributed by atoms with Crippen molar-refractivity contribution in [3.63, 3.8) is 0 Å². The molecule has 1 atom stereocenters. The fraction of sp³-hybridized carbons (Fsp3) is 0.611. The highest BCUT2D eigenvalue weighted by Gasteiger charge is 2.63. The van der Waals surface area contributed by atoms with Gasteiger partial charge in [-0.15, -0.1) is 0 Å². The second-order valence-corrected chi connectivity index (χ2v) is 7.70. The summed E-state index contributed by atoms with van der Waals surface area (Å²) in [7, 11) is 0. The fourth-order valence-electron chi connectivity index (χ4n) is 4.85. The number of fused-ring (bicyclic) bond motifs is 1. The van der Waals surface area contributed by atoms with E-state index in [0.29, 0.717) is 0 Å². The molecule has 0 aromatic heterocycles. The Morgan fingerprint density at radius 1 is 1.27 bits per heavy atom. The number of halogens is 1. The summed E-state index contributed by atoms with van der Waals surface area (Å²) in [5, 5.41) is 4.11. The van der Waals surface area contributed by atoms with Crippen LogP contribution in [0.4, 0.5) is 4.39 Å². The molecule has 1 aliphatic carbocycles. The van der Waals surface area contributed by atoms with E-state index in [2.05, 4.69) is 18.9 Å². The lowest BCUT2D eigenvalue weighted by Crippen LogP contribution is -2.50. The van der Waals surface area contributed by atoms with Gasteiger partial charge in [0.2, 0.25) is 5.91 Å². The van der Waals surface area contributed by atoms with E-state index in [4.69, 9.17) is 0 Å². The summed E-state index contributed by atoms with van der Waals surface area (Å²) in [6.07, 6.45) is 2.85. The number of amides is 1. The third-order valence-corrected chi connectivity index (χ3v) is 5.27. The predicted molar refractivity (Wildman–Crippen MR) is 84.4 cm³/mol. The van der Waals surface area contributed by atoms with E-state index in [9.17, 15) is 9.18 Å². The molecule has 120 valence electrons. The van der Waals surface area contributed by atoms with Gasteiger partial charge in [-0.3, -0.25) is 9.80 Å². The van der Waals surface area contributed by atoms with Crippen molar-refractivity contribution >= 4 is 5.91 Å². The summed E-state index contributed by atoms with van der Waals surface area (Å²) in [5.41, 5.74) is 1.03. The monoisotopic (exact) mass is 304 g/mol. The summed E-state index contributed by atoms with van der Waals surface area (Å²) >= 11 is 0. The van der Waals surface area contributed by atoms with Gasteiger partial charge < -0.3 is 0 Å². The first-order chi connectivity index (χ1) is 9.90. The predicted octanol–water partition coefficient (Wildman–Crippen LogP) is 3.77. The highest BCUT2D eigenvalue weighted by atomic mass is 19.1. The SMILES string of the molecule is C.CC1(C)CC2(CN3CCC(c4cccc(F)c4)N3C2=O)C1. The minimum Gasteiger partial charge on any atom is -0.273 e. The molecule has 2 aliphatic heterocycles. The molecule has 0 bridgehead atoms. The minimum atomic E-state index is -0.225. The standard InChI is InChI=1S/C17H21FN2O.CH4/c1-16(2)9-17(10-16)11-19-7-6-14(20(19)15(17)21)12-4-3-5-13(18)8-12;/h3-5,8,14H,6-7,9-11H2,1-2H3;1H4. The summed E-state index contributed by atoms with van der Waals surface area (Å²) in [6, 6.07) is 6.70. The Morgan fingerprint density at radius 2 is 2.00 bits per heavy atom. The van der Waals surface area contributed by atoms with Gasteiger partial charge in [-0.1, -0.05) is 33.4 Å². The molecule has 3 fully saturated rings. The van der Waals surface area contributed by atoms with Crippen molar-refractivity contribution in [2.24, 2.45) is 10.8 Å². The summed E-state index contributed by atoms with van der Waals surface area (Å²) in [6.45, 7) is 6.21. The van der Waals surface area contributed by atoms with Gasteiger partial charge in [0, 0.05) is 13.1 Å². The van der Waals surface area contributed by atoms with Crippen molar-refractivity contribution in [1.29, 1.82) is 0 Å². The Morgan fingerprint density at radius 3 is 2.64 bits per heavy atom. The van der Waals surface area contributed by atoms with Gasteiger partial charge in [0.25, 0.3) is 0 Å². The molecular formula is C18H25FN2O. The average molecular weight is 304 g/mol. The molecule has 0 N–H and O–H groups in total. The fourth-order valence-corrected chi connectivity index (χ4v) is 4.85. The molecule has 1 unspecified atom stereocenters. The van der Waals surface area contributed by atoms with Crippen LogP contribution in [0.1, 0.15) is 52.1 Å². The van der Waals surface area contributed by atoms with E-state index in [0.717, 1.165) is 37.9 Å². The van der Waals surface area contributed by atoms with Crippen molar-refractivity contribution in [3.05, 3.63) is 35.6 Å². The zero-order chi connectivity index (χ0) is 14.8. The van der Waals surface area contributed by atoms with Crippen LogP contribution in [0.2, 0.25) is 0 Å². The van der Waals surface area contributed by atoms with Crippen molar-refractivity contribution in [2.45, 2.75) is 46.6 Å². The van der Waals surface area contributed by atoms with E-state index in [1.165, 1.54) is 6.07 Å². The Kier molecular flexibility index (Phi) is 3.37. The van der Waals surface area contributed by atoms with Gasteiger partial charge in [-0.05, 0) is 42.4 Å². The van der Waals surface area contributed by atoms with Gasteiger partial charge in [0.15, 0.2) is 0 Å². The normalized spacial score (nSPS) is 28.4. The lowest BCUT2D eigenvalue weighted by molar-refractivity contribution is -0.151. The molecule has 1 amide bonds. The van der Waals surface area contributed by atoms with Gasteiger partial charge in [-0.25, -0.2) is 9.40 Å². The number of hydrogen-bond donors (Lipinski definition) is 0. The van der Waals surface area contributed by atoms with Crippen molar-refractivity contribution in [3.8, 4) is 0 Å². The van der Waals surface area contributed by atoms with Gasteiger partial charge in [0.05, 0.1) is 11.5 Å². The van der Waals surface area contributed by atoms with Crippen LogP contribution in [-0.2, 0) is 4.79 Å². The van der Waals surface area contributed by atoms with Crippen LogP contribution in [0, 0.1) is 16.6 Å². The number of rotatable bonds is 1. The van der Waals surface area contributed by atoms with Crippen LogP contribution >= 0.6 is 0 Å². The highest BCUT2D eigenvalue weighted by Crippen LogP contribution is 2.59. The topological polar surface area (TPSA) is 23.6 Å². The van der Waals surface area contributed by atoms with E-state index in [-0.39, 0.29) is 36.0 Å². The second kappa shape index (κ2) is 4.79. The number of hydrogen-bond acceptors (Lipinski definition) is 2. The highest BCUT2D eigenvalue weighted by molar-refractivity contribution is 5.86. The maximum absolute atomic E-state index is 13.5. The lowest BCUT2D eigenvalue weighted by Gasteiger charge is -2.49. The Bertz CT molecular complexity index is 605. The van der Waals surface area contributed by atoms with Crippen LogP contribution in [-0.4, -0.2) is 29.0 Å². The zero-order valence-electron chi connectivity index (χ0n) is 12.6. The number of benzene rings is 1. The molecule has 1 aromatic carbocycles. The number of hydrazine groups is 1. The van der Waals surface area contributed by atoms with E-state index in [1.807, 2.05) is 11.1 Å². The first-order valence-electron chi connectivity index (χ1n) is 7.74. The molecule has 2 saturated heterocycles. The molecule has 1 spiro atoms. The van der Waals surface area contributed by atoms with Crippen LogP contribution in [0.3, 0.4) is 0 Å². The molecule has 3 aliphatic rings. The average Bonchev–Trinajstić information content (AvgIpc) is 2.88. The second-order valence-electron chi connectivity index (χ2n) is 7.70. The van der Waals surface area contributed by atoms with Crippen LogP contribution in [0.25, 0.3) is 0 Å². The Labute approximate surface area is 132 Å². The largest absolute Gasteiger partial charge is 0.273 e. The van der Waals surface area contributed by atoms with Gasteiger partial charge >= 0.3 is 0 Å². The molecule has 2 heterocycles. The van der Waals surface area contributed by atoms with Crippen molar-refractivity contribution in [2.75, 3.05) is 13.1 Å². The van der Waals surface area contributed by atoms with E-state index >= 15 is 0 Å². The zero-order valence-corrected chi connectivity index (χ0v) is 12.6. The molecule has 4 heteroatoms. The minimum absolute atomic E-state index is 0. The molecule has 4 rings (SSSR count). The number of carbonyl (C=O) groups excluding carboxylic acids is 1. The van der Waals surface area contributed by atoms with E-state index < -0.39 is 0 Å². The maximum Gasteiger partial charge on any atom is 0.245 e. The molecule has 1 aromatic rings. The number of nitrogens with zero attached hydrogens (tertiary/aromatic N) is 2. The summed E-state index contributed by atoms with van der Waals surface area (Å²) in [4.78, 5) is 12.9. The van der Waals surface area contributed by atoms with Crippen LogP contribution in [0.5, 0.6) is 0 Å². The maximum atomic E-state index is 13.5.